The molecule has 0 saturated heterocycles. The van der Waals surface area contributed by atoms with E-state index in [1.807, 2.05) is 0 Å². The number of alkyl halides is 3. The van der Waals surface area contributed by atoms with E-state index in [0.29, 0.717) is 16.9 Å². The van der Waals surface area contributed by atoms with Gasteiger partial charge in [0.2, 0.25) is 0 Å². The van der Waals surface area contributed by atoms with Gasteiger partial charge < -0.3 is 16.4 Å². The molecular weight excluding hydrogens is 481 g/mol. The molecule has 12 heteroatoms. The van der Waals surface area contributed by atoms with Gasteiger partial charge in [0.15, 0.2) is 11.5 Å². The van der Waals surface area contributed by atoms with E-state index >= 15 is 0 Å². The lowest BCUT2D eigenvalue weighted by atomic mass is 10.0. The van der Waals surface area contributed by atoms with Crippen LogP contribution in [-0.2, 0) is 0 Å². The van der Waals surface area contributed by atoms with Gasteiger partial charge in [0.25, 0.3) is 0 Å². The number of hydrogen-bond acceptors (Lipinski definition) is 7. The fourth-order valence-corrected chi connectivity index (χ4v) is 3.53. The number of nitrogens with one attached hydrogen (secondary N) is 2. The third kappa shape index (κ3) is 5.09. The maximum Gasteiger partial charge on any atom is 0.434 e. The Labute approximate surface area is 203 Å². The molecule has 0 spiro atoms. The highest BCUT2D eigenvalue weighted by atomic mass is 35.5. The van der Waals surface area contributed by atoms with Crippen LogP contribution in [0.1, 0.15) is 5.56 Å². The number of aliphatic imine (C=N–C) groups is 1. The number of allylic oxidation sites excluding steroid dienone is 2. The van der Waals surface area contributed by atoms with E-state index in [1.165, 1.54) is 35.5 Å². The lowest BCUT2D eigenvalue weighted by molar-refractivity contribution is -0.0580. The number of nitrogens with two attached hydrogens (primary N) is 1. The van der Waals surface area contributed by atoms with E-state index in [0.717, 1.165) is 6.20 Å². The van der Waals surface area contributed by atoms with E-state index < -0.39 is 17.5 Å². The minimum Gasteiger partial charge on any atom is -0.404 e. The number of para-hydroxylation sites is 1. The summed E-state index contributed by atoms with van der Waals surface area (Å²) in [5.74, 6) is 0.247. The molecule has 1 aromatic carbocycles. The maximum absolute atomic E-state index is 14.1. The molecule has 8 nitrogen and oxygen atoms in total. The lowest BCUT2D eigenvalue weighted by Crippen LogP contribution is -2.28. The summed E-state index contributed by atoms with van der Waals surface area (Å²) >= 11 is 6.25. The van der Waals surface area contributed by atoms with Crippen molar-refractivity contribution < 1.29 is 13.2 Å². The number of aromatic nitrogens is 4. The van der Waals surface area contributed by atoms with Crippen LogP contribution in [-0.4, -0.2) is 31.9 Å². The van der Waals surface area contributed by atoms with Gasteiger partial charge in [0, 0.05) is 34.4 Å². The summed E-state index contributed by atoms with van der Waals surface area (Å²) in [6.45, 7) is 7.50. The predicted molar refractivity (Wildman–Crippen MR) is 130 cm³/mol. The molecule has 0 atom stereocenters. The number of nitrogens with zero attached hydrogens (tertiary/aromatic N) is 5. The second kappa shape index (κ2) is 9.47. The minimum absolute atomic E-state index is 0.0737. The van der Waals surface area contributed by atoms with Crippen molar-refractivity contribution in [2.45, 2.75) is 6.18 Å². The van der Waals surface area contributed by atoms with Gasteiger partial charge in [-0.25, -0.2) is 9.98 Å². The van der Waals surface area contributed by atoms with Crippen molar-refractivity contribution in [1.82, 2.24) is 20.0 Å². The van der Waals surface area contributed by atoms with Crippen molar-refractivity contribution in [3.63, 3.8) is 0 Å². The molecule has 35 heavy (non-hydrogen) atoms. The second-order valence-corrected chi connectivity index (χ2v) is 7.62. The highest BCUT2D eigenvalue weighted by Crippen LogP contribution is 2.35. The molecule has 4 N–H and O–H groups in total. The normalized spacial score (nSPS) is 14.2. The van der Waals surface area contributed by atoms with Crippen LogP contribution < -0.4 is 16.4 Å². The maximum atomic E-state index is 14.1. The van der Waals surface area contributed by atoms with E-state index in [-0.39, 0.29) is 27.9 Å². The average molecular weight is 499 g/mol. The highest BCUT2D eigenvalue weighted by Gasteiger charge is 2.39. The van der Waals surface area contributed by atoms with Crippen LogP contribution in [0.5, 0.6) is 0 Å². The topological polar surface area (TPSA) is 106 Å². The van der Waals surface area contributed by atoms with Gasteiger partial charge in [-0.2, -0.15) is 23.4 Å². The second-order valence-electron chi connectivity index (χ2n) is 7.22. The van der Waals surface area contributed by atoms with Crippen LogP contribution in [0.3, 0.4) is 0 Å². The molecule has 0 saturated carbocycles. The third-order valence-electron chi connectivity index (χ3n) is 4.78. The summed E-state index contributed by atoms with van der Waals surface area (Å²) in [6, 6.07) is 8.27. The van der Waals surface area contributed by atoms with Gasteiger partial charge in [-0.1, -0.05) is 43.0 Å². The van der Waals surface area contributed by atoms with Crippen LogP contribution in [0.15, 0.2) is 96.3 Å². The fraction of sp³-hybridized carbons (Fsp3) is 0.0435. The summed E-state index contributed by atoms with van der Waals surface area (Å²) in [5, 5.41) is 13.8. The molecule has 178 valence electrons. The number of halogens is 4. The minimum atomic E-state index is -4.84. The molecule has 3 heterocycles. The molecule has 1 aliphatic heterocycles. The molecule has 0 radical (unpaired) electrons. The molecule has 2 aromatic heterocycles. The Hall–Kier alpha value is -4.38. The molecule has 1 aliphatic rings. The first-order valence-electron chi connectivity index (χ1n) is 10.0. The van der Waals surface area contributed by atoms with Crippen LogP contribution >= 0.6 is 11.6 Å². The van der Waals surface area contributed by atoms with E-state index in [9.17, 15) is 13.2 Å². The van der Waals surface area contributed by atoms with E-state index in [2.05, 4.69) is 44.0 Å². The molecule has 0 bridgehead atoms. The summed E-state index contributed by atoms with van der Waals surface area (Å²) < 4.78 is 42.4. The first-order chi connectivity index (χ1) is 16.7. The van der Waals surface area contributed by atoms with Crippen molar-refractivity contribution >= 4 is 34.4 Å². The Kier molecular flexibility index (Phi) is 6.43. The fourth-order valence-electron chi connectivity index (χ4n) is 3.29. The van der Waals surface area contributed by atoms with Gasteiger partial charge >= 0.3 is 6.18 Å². The summed E-state index contributed by atoms with van der Waals surface area (Å²) in [7, 11) is 0. The number of anilines is 2. The SMILES string of the molecule is C=C1C=C(N=C(C(=CN)C(=C)Nc2cnc(-n3nccn3)c(Cl)c2)C(F)(F)F)c2ccccc2N1. The van der Waals surface area contributed by atoms with Crippen molar-refractivity contribution in [2.75, 3.05) is 10.6 Å². The molecule has 0 amide bonds. The zero-order chi connectivity index (χ0) is 25.2. The van der Waals surface area contributed by atoms with Crippen LogP contribution in [0, 0.1) is 0 Å². The number of pyridine rings is 1. The monoisotopic (exact) mass is 498 g/mol. The van der Waals surface area contributed by atoms with Gasteiger partial charge in [-0.15, -0.1) is 4.80 Å². The van der Waals surface area contributed by atoms with Crippen molar-refractivity contribution in [3.8, 4) is 5.82 Å². The van der Waals surface area contributed by atoms with Gasteiger partial charge in [-0.3, -0.25) is 0 Å². The predicted octanol–water partition coefficient (Wildman–Crippen LogP) is 5.07. The van der Waals surface area contributed by atoms with E-state index in [4.69, 9.17) is 17.3 Å². The number of benzene rings is 1. The molecule has 3 aromatic rings. The standard InChI is InChI=1S/C23H18ClF3N8/c1-13-9-20(16-5-3-4-6-19(16)32-13)34-21(23(25,26)27)17(11-28)14(2)33-15-10-18(24)22(29-12-15)35-30-7-8-31-35/h3-12,32-33H,1-2,28H2. The number of fused-ring (bicyclic) bond motifs is 1. The third-order valence-corrected chi connectivity index (χ3v) is 5.06. The molecular formula is C23H18ClF3N8. The Bertz CT molecular complexity index is 1390. The van der Waals surface area contributed by atoms with Crippen molar-refractivity contribution in [2.24, 2.45) is 10.7 Å². The smallest absolute Gasteiger partial charge is 0.404 e. The Morgan fingerprint density at radius 1 is 1.23 bits per heavy atom. The van der Waals surface area contributed by atoms with Gasteiger partial charge in [0.05, 0.1) is 35.0 Å². The zero-order valence-electron chi connectivity index (χ0n) is 18.0. The Morgan fingerprint density at radius 2 is 1.94 bits per heavy atom. The summed E-state index contributed by atoms with van der Waals surface area (Å²) in [5.41, 5.74) is 5.59. The molecule has 0 unspecified atom stereocenters. The highest BCUT2D eigenvalue weighted by molar-refractivity contribution is 6.32. The van der Waals surface area contributed by atoms with Crippen LogP contribution in [0.25, 0.3) is 11.5 Å². The quantitative estimate of drug-likeness (QED) is 0.324. The van der Waals surface area contributed by atoms with Gasteiger partial charge in [0.1, 0.15) is 0 Å². The van der Waals surface area contributed by atoms with E-state index in [1.54, 1.807) is 24.3 Å². The lowest BCUT2D eigenvalue weighted by Gasteiger charge is -2.21. The zero-order valence-corrected chi connectivity index (χ0v) is 18.8. The number of hydrogen-bond donors (Lipinski definition) is 3. The first-order valence-corrected chi connectivity index (χ1v) is 10.4. The molecule has 0 aliphatic carbocycles. The largest absolute Gasteiger partial charge is 0.434 e. The van der Waals surface area contributed by atoms with Gasteiger partial charge in [-0.05, 0) is 18.2 Å². The van der Waals surface area contributed by atoms with Crippen LogP contribution in [0.2, 0.25) is 5.02 Å². The number of rotatable bonds is 6. The summed E-state index contributed by atoms with van der Waals surface area (Å²) in [4.78, 5) is 9.30. The molecule has 0 fully saturated rings. The first kappa shape index (κ1) is 23.8. The van der Waals surface area contributed by atoms with Crippen molar-refractivity contribution in [3.05, 3.63) is 102 Å². The van der Waals surface area contributed by atoms with Crippen molar-refractivity contribution in [1.29, 1.82) is 0 Å². The summed E-state index contributed by atoms with van der Waals surface area (Å²) in [6.07, 6.45) is 1.63. The molecule has 4 rings (SSSR count). The average Bonchev–Trinajstić information content (AvgIpc) is 3.33. The Morgan fingerprint density at radius 3 is 2.60 bits per heavy atom. The van der Waals surface area contributed by atoms with Crippen LogP contribution in [0.4, 0.5) is 24.5 Å². The Balaban J connectivity index is 1.67.